The number of aryl methyl sites for hydroxylation is 2. The minimum absolute atomic E-state index is 0.202. The highest BCUT2D eigenvalue weighted by molar-refractivity contribution is 5.65. The van der Waals surface area contributed by atoms with Gasteiger partial charge in [0.05, 0.1) is 23.3 Å². The molecule has 0 bridgehead atoms. The van der Waals surface area contributed by atoms with Crippen LogP contribution < -0.4 is 0 Å². The van der Waals surface area contributed by atoms with Crippen LogP contribution in [0.5, 0.6) is 0 Å². The maximum Gasteiger partial charge on any atom is 0.416 e. The Kier molecular flexibility index (Phi) is 5.51. The molecule has 1 aromatic carbocycles. The van der Waals surface area contributed by atoms with Crippen LogP contribution in [0.3, 0.4) is 0 Å². The van der Waals surface area contributed by atoms with E-state index in [0.717, 1.165) is 11.8 Å². The summed E-state index contributed by atoms with van der Waals surface area (Å²) < 4.78 is 58.4. The van der Waals surface area contributed by atoms with Gasteiger partial charge in [-0.1, -0.05) is 18.2 Å². The first-order valence-electron chi connectivity index (χ1n) is 10.8. The molecule has 0 saturated heterocycles. The first-order chi connectivity index (χ1) is 16.3. The number of alkyl halides is 3. The lowest BCUT2D eigenvalue weighted by atomic mass is 9.88. The van der Waals surface area contributed by atoms with Crippen molar-refractivity contribution in [1.82, 2.24) is 29.3 Å². The molecule has 0 aliphatic carbocycles. The van der Waals surface area contributed by atoms with E-state index in [1.165, 1.54) is 18.5 Å². The fourth-order valence-electron chi connectivity index (χ4n) is 4.23. The Balaban J connectivity index is 1.42. The molecule has 0 fully saturated rings. The maximum absolute atomic E-state index is 14.5. The third-order valence-corrected chi connectivity index (χ3v) is 5.78. The molecule has 0 spiro atoms. The molecule has 0 N–H and O–H groups in total. The Hall–Kier alpha value is -3.82. The van der Waals surface area contributed by atoms with Gasteiger partial charge in [0.25, 0.3) is 0 Å². The van der Waals surface area contributed by atoms with E-state index < -0.39 is 23.6 Å². The molecular weight excluding hydrogens is 448 g/mol. The lowest BCUT2D eigenvalue weighted by Gasteiger charge is -2.25. The minimum Gasteiger partial charge on any atom is -0.302 e. The van der Waals surface area contributed by atoms with Crippen molar-refractivity contribution in [3.8, 4) is 5.69 Å². The predicted molar refractivity (Wildman–Crippen MR) is 118 cm³/mol. The van der Waals surface area contributed by atoms with Crippen LogP contribution in [0.1, 0.15) is 52.9 Å². The SMILES string of the molecule is Cc1cn(-c2ccc(C=Cc3nc4n(n3)CCC[C@H]4c3ccccc3C(F)(F)F)nc2F)cn1. The van der Waals surface area contributed by atoms with Crippen LogP contribution in [-0.2, 0) is 12.7 Å². The second-order valence-electron chi connectivity index (χ2n) is 8.13. The van der Waals surface area contributed by atoms with Crippen molar-refractivity contribution >= 4 is 12.2 Å². The summed E-state index contributed by atoms with van der Waals surface area (Å²) >= 11 is 0. The van der Waals surface area contributed by atoms with Crippen LogP contribution in [0.25, 0.3) is 17.8 Å². The average Bonchev–Trinajstić information content (AvgIpc) is 3.43. The molecular formula is C24H20F4N6. The van der Waals surface area contributed by atoms with Gasteiger partial charge in [-0.15, -0.1) is 0 Å². The van der Waals surface area contributed by atoms with Crippen LogP contribution in [0, 0.1) is 12.9 Å². The largest absolute Gasteiger partial charge is 0.416 e. The molecule has 10 heteroatoms. The van der Waals surface area contributed by atoms with Gasteiger partial charge in [-0.2, -0.15) is 22.7 Å². The molecule has 174 valence electrons. The molecule has 4 heterocycles. The second kappa shape index (κ2) is 8.51. The van der Waals surface area contributed by atoms with Gasteiger partial charge in [0.15, 0.2) is 5.82 Å². The van der Waals surface area contributed by atoms with Crippen LogP contribution in [0.4, 0.5) is 17.6 Å². The summed E-state index contributed by atoms with van der Waals surface area (Å²) in [5.41, 5.74) is 0.952. The lowest BCUT2D eigenvalue weighted by Crippen LogP contribution is -2.21. The van der Waals surface area contributed by atoms with Gasteiger partial charge in [0.1, 0.15) is 11.5 Å². The van der Waals surface area contributed by atoms with Crippen molar-refractivity contribution < 1.29 is 17.6 Å². The zero-order chi connectivity index (χ0) is 23.9. The monoisotopic (exact) mass is 468 g/mol. The van der Waals surface area contributed by atoms with Gasteiger partial charge in [0.2, 0.25) is 5.95 Å². The highest BCUT2D eigenvalue weighted by Crippen LogP contribution is 2.40. The number of nitrogens with zero attached hydrogens (tertiary/aromatic N) is 6. The average molecular weight is 468 g/mol. The predicted octanol–water partition coefficient (Wildman–Crippen LogP) is 5.42. The Bertz CT molecular complexity index is 1370. The maximum atomic E-state index is 14.5. The minimum atomic E-state index is -4.45. The van der Waals surface area contributed by atoms with E-state index in [-0.39, 0.29) is 11.3 Å². The van der Waals surface area contributed by atoms with Gasteiger partial charge in [0, 0.05) is 18.7 Å². The molecule has 0 radical (unpaired) electrons. The summed E-state index contributed by atoms with van der Waals surface area (Å²) in [4.78, 5) is 12.6. The highest BCUT2D eigenvalue weighted by atomic mass is 19.4. The molecule has 1 aliphatic rings. The normalized spacial score (nSPS) is 16.2. The van der Waals surface area contributed by atoms with E-state index in [2.05, 4.69) is 20.1 Å². The molecule has 5 rings (SSSR count). The van der Waals surface area contributed by atoms with E-state index in [9.17, 15) is 17.6 Å². The summed E-state index contributed by atoms with van der Waals surface area (Å²) in [7, 11) is 0. The zero-order valence-corrected chi connectivity index (χ0v) is 18.2. The van der Waals surface area contributed by atoms with E-state index in [1.54, 1.807) is 45.8 Å². The van der Waals surface area contributed by atoms with E-state index in [1.807, 2.05) is 6.92 Å². The summed E-state index contributed by atoms with van der Waals surface area (Å²) in [6.07, 6.45) is 3.17. The Morgan fingerprint density at radius 3 is 2.62 bits per heavy atom. The van der Waals surface area contributed by atoms with Gasteiger partial charge < -0.3 is 4.57 Å². The van der Waals surface area contributed by atoms with Gasteiger partial charge in [-0.25, -0.2) is 19.6 Å². The summed E-state index contributed by atoms with van der Waals surface area (Å²) in [5, 5.41) is 4.43. The Morgan fingerprint density at radius 1 is 1.06 bits per heavy atom. The first-order valence-corrected chi connectivity index (χ1v) is 10.8. The van der Waals surface area contributed by atoms with Gasteiger partial charge >= 0.3 is 6.18 Å². The van der Waals surface area contributed by atoms with E-state index in [0.29, 0.717) is 36.7 Å². The number of halogens is 4. The van der Waals surface area contributed by atoms with Crippen molar-refractivity contribution in [3.63, 3.8) is 0 Å². The van der Waals surface area contributed by atoms with Crippen molar-refractivity contribution in [2.75, 3.05) is 0 Å². The number of fused-ring (bicyclic) bond motifs is 1. The van der Waals surface area contributed by atoms with Crippen molar-refractivity contribution in [3.05, 3.63) is 89.0 Å². The quantitative estimate of drug-likeness (QED) is 0.296. The van der Waals surface area contributed by atoms with Crippen LogP contribution >= 0.6 is 0 Å². The van der Waals surface area contributed by atoms with E-state index in [4.69, 9.17) is 0 Å². The van der Waals surface area contributed by atoms with Gasteiger partial charge in [-0.3, -0.25) is 0 Å². The zero-order valence-electron chi connectivity index (χ0n) is 18.2. The number of aromatic nitrogens is 6. The Morgan fingerprint density at radius 2 is 1.88 bits per heavy atom. The van der Waals surface area contributed by atoms with Crippen molar-refractivity contribution in [2.24, 2.45) is 0 Å². The molecule has 34 heavy (non-hydrogen) atoms. The molecule has 0 amide bonds. The van der Waals surface area contributed by atoms with Gasteiger partial charge in [-0.05, 0) is 55.7 Å². The van der Waals surface area contributed by atoms with Crippen LogP contribution in [0.2, 0.25) is 0 Å². The fraction of sp³-hybridized carbons (Fsp3) is 0.250. The number of hydrogen-bond acceptors (Lipinski definition) is 4. The van der Waals surface area contributed by atoms with E-state index >= 15 is 0 Å². The number of hydrogen-bond donors (Lipinski definition) is 0. The standard InChI is InChI=1S/C24H20F4N6/c1-15-13-33(14-29-15)20-10-8-16(30-22(20)25)9-11-21-31-23-18(6-4-12-34(23)32-21)17-5-2-3-7-19(17)24(26,27)28/h2-3,5,7-11,13-14,18H,4,6,12H2,1H3/t18-/m0/s1. The number of imidazole rings is 1. The van der Waals surface area contributed by atoms with Crippen molar-refractivity contribution in [1.29, 1.82) is 0 Å². The number of pyridine rings is 1. The highest BCUT2D eigenvalue weighted by Gasteiger charge is 2.37. The summed E-state index contributed by atoms with van der Waals surface area (Å²) in [5.74, 6) is -0.328. The summed E-state index contributed by atoms with van der Waals surface area (Å²) in [6, 6.07) is 8.85. The molecule has 0 saturated carbocycles. The number of benzene rings is 1. The molecule has 0 unspecified atom stereocenters. The smallest absolute Gasteiger partial charge is 0.302 e. The third kappa shape index (κ3) is 4.23. The molecule has 1 aliphatic heterocycles. The summed E-state index contributed by atoms with van der Waals surface area (Å²) in [6.45, 7) is 2.38. The second-order valence-corrected chi connectivity index (χ2v) is 8.13. The third-order valence-electron chi connectivity index (χ3n) is 5.78. The molecule has 4 aromatic rings. The molecule has 6 nitrogen and oxygen atoms in total. The Labute approximate surface area is 192 Å². The fourth-order valence-corrected chi connectivity index (χ4v) is 4.23. The lowest BCUT2D eigenvalue weighted by molar-refractivity contribution is -0.138. The molecule has 1 atom stereocenters. The number of rotatable bonds is 4. The van der Waals surface area contributed by atoms with Crippen LogP contribution in [0.15, 0.2) is 48.9 Å². The first kappa shape index (κ1) is 22.0. The van der Waals surface area contributed by atoms with Crippen molar-refractivity contribution in [2.45, 2.75) is 38.4 Å². The molecule has 3 aromatic heterocycles. The topological polar surface area (TPSA) is 61.4 Å². The van der Waals surface area contributed by atoms with Crippen LogP contribution in [-0.4, -0.2) is 29.3 Å².